The summed E-state index contributed by atoms with van der Waals surface area (Å²) in [5.41, 5.74) is 8.36. The minimum atomic E-state index is -0.259. The number of carbonyl (C=O) groups is 1. The highest BCUT2D eigenvalue weighted by molar-refractivity contribution is 14.1. The van der Waals surface area contributed by atoms with Gasteiger partial charge in [0.1, 0.15) is 5.71 Å². The molecule has 0 bridgehead atoms. The Kier molecular flexibility index (Phi) is 3.81. The average molecular weight is 446 g/mol. The number of hydrazone groups is 1. The standard InChI is InChI=1S/C17H11IN4OS/c18-11-5-3-4-10(8-11)15-12(9-19)16(23)22(21-15)17-20-13-6-1-2-7-14(13)24-17/h1-9H,19H2/b12-9+. The van der Waals surface area contributed by atoms with E-state index in [4.69, 9.17) is 5.73 Å². The van der Waals surface area contributed by atoms with E-state index in [9.17, 15) is 4.79 Å². The molecule has 118 valence electrons. The van der Waals surface area contributed by atoms with Crippen LogP contribution in [0, 0.1) is 3.57 Å². The molecule has 3 aromatic rings. The van der Waals surface area contributed by atoms with Crippen molar-refractivity contribution in [3.8, 4) is 0 Å². The predicted molar refractivity (Wildman–Crippen MR) is 105 cm³/mol. The highest BCUT2D eigenvalue weighted by atomic mass is 127. The first-order valence-corrected chi connectivity index (χ1v) is 9.04. The van der Waals surface area contributed by atoms with Gasteiger partial charge >= 0.3 is 0 Å². The van der Waals surface area contributed by atoms with Crippen LogP contribution in [0.1, 0.15) is 5.56 Å². The van der Waals surface area contributed by atoms with Crippen molar-refractivity contribution in [1.29, 1.82) is 0 Å². The molecule has 2 N–H and O–H groups in total. The lowest BCUT2D eigenvalue weighted by atomic mass is 10.0. The lowest BCUT2D eigenvalue weighted by Gasteiger charge is -2.05. The molecule has 0 spiro atoms. The van der Waals surface area contributed by atoms with Crippen LogP contribution < -0.4 is 10.7 Å². The van der Waals surface area contributed by atoms with E-state index < -0.39 is 0 Å². The second-order valence-corrected chi connectivity index (χ2v) is 7.38. The number of hydrogen-bond acceptors (Lipinski definition) is 5. The number of benzene rings is 2. The van der Waals surface area contributed by atoms with E-state index in [0.717, 1.165) is 19.4 Å². The van der Waals surface area contributed by atoms with Crippen LogP contribution in [0.4, 0.5) is 5.13 Å². The van der Waals surface area contributed by atoms with Crippen molar-refractivity contribution in [2.75, 3.05) is 5.01 Å². The number of nitrogens with two attached hydrogens (primary N) is 1. The van der Waals surface area contributed by atoms with Gasteiger partial charge in [-0.05, 0) is 46.9 Å². The van der Waals surface area contributed by atoms with E-state index >= 15 is 0 Å². The van der Waals surface area contributed by atoms with Gasteiger partial charge in [0.25, 0.3) is 5.91 Å². The topological polar surface area (TPSA) is 71.6 Å². The van der Waals surface area contributed by atoms with Crippen LogP contribution in [0.3, 0.4) is 0 Å². The first kappa shape index (κ1) is 15.3. The molecular weight excluding hydrogens is 435 g/mol. The molecule has 0 aliphatic carbocycles. The number of amides is 1. The van der Waals surface area contributed by atoms with Crippen LogP contribution in [0.15, 0.2) is 65.4 Å². The minimum absolute atomic E-state index is 0.259. The normalized spacial score (nSPS) is 16.2. The zero-order valence-electron chi connectivity index (χ0n) is 12.3. The number of fused-ring (bicyclic) bond motifs is 1. The van der Waals surface area contributed by atoms with Gasteiger partial charge in [-0.1, -0.05) is 35.6 Å². The molecule has 0 unspecified atom stereocenters. The maximum absolute atomic E-state index is 12.7. The zero-order valence-corrected chi connectivity index (χ0v) is 15.3. The van der Waals surface area contributed by atoms with Crippen molar-refractivity contribution in [3.05, 3.63) is 69.4 Å². The van der Waals surface area contributed by atoms with E-state index in [1.807, 2.05) is 48.5 Å². The molecule has 1 amide bonds. The average Bonchev–Trinajstić information content (AvgIpc) is 3.15. The molecule has 1 aromatic heterocycles. The Balaban J connectivity index is 1.83. The van der Waals surface area contributed by atoms with Crippen LogP contribution in [0.2, 0.25) is 0 Å². The van der Waals surface area contributed by atoms with Gasteiger partial charge in [-0.2, -0.15) is 10.1 Å². The molecule has 24 heavy (non-hydrogen) atoms. The summed E-state index contributed by atoms with van der Waals surface area (Å²) in [6.45, 7) is 0. The van der Waals surface area contributed by atoms with Crippen molar-refractivity contribution >= 4 is 60.9 Å². The second kappa shape index (κ2) is 5.99. The van der Waals surface area contributed by atoms with Gasteiger partial charge in [-0.25, -0.2) is 4.98 Å². The van der Waals surface area contributed by atoms with Gasteiger partial charge in [0.15, 0.2) is 0 Å². The number of carbonyl (C=O) groups excluding carboxylic acids is 1. The van der Waals surface area contributed by atoms with Gasteiger partial charge in [-0.3, -0.25) is 4.79 Å². The summed E-state index contributed by atoms with van der Waals surface area (Å²) < 4.78 is 2.08. The second-order valence-electron chi connectivity index (χ2n) is 5.12. The number of rotatable bonds is 2. The molecule has 1 aliphatic rings. The molecule has 1 aliphatic heterocycles. The summed E-state index contributed by atoms with van der Waals surface area (Å²) in [7, 11) is 0. The number of halogens is 1. The van der Waals surface area contributed by atoms with Crippen LogP contribution in [-0.2, 0) is 4.79 Å². The molecule has 5 nitrogen and oxygen atoms in total. The Morgan fingerprint density at radius 3 is 2.75 bits per heavy atom. The monoisotopic (exact) mass is 446 g/mol. The molecule has 0 saturated heterocycles. The molecule has 0 radical (unpaired) electrons. The minimum Gasteiger partial charge on any atom is -0.404 e. The number of thiazole rings is 1. The molecule has 0 saturated carbocycles. The Morgan fingerprint density at radius 1 is 1.17 bits per heavy atom. The van der Waals surface area contributed by atoms with Gasteiger partial charge in [0, 0.05) is 15.3 Å². The maximum Gasteiger partial charge on any atom is 0.284 e. The maximum atomic E-state index is 12.7. The number of para-hydroxylation sites is 1. The van der Waals surface area contributed by atoms with Crippen molar-refractivity contribution in [2.24, 2.45) is 10.8 Å². The lowest BCUT2D eigenvalue weighted by Crippen LogP contribution is -2.21. The summed E-state index contributed by atoms with van der Waals surface area (Å²) in [6.07, 6.45) is 1.31. The fourth-order valence-electron chi connectivity index (χ4n) is 2.49. The Bertz CT molecular complexity index is 991. The van der Waals surface area contributed by atoms with Gasteiger partial charge in [0.2, 0.25) is 5.13 Å². The number of hydrogen-bond donors (Lipinski definition) is 1. The van der Waals surface area contributed by atoms with E-state index in [2.05, 4.69) is 32.7 Å². The third kappa shape index (κ3) is 2.49. The molecular formula is C17H11IN4OS. The highest BCUT2D eigenvalue weighted by Crippen LogP contribution is 2.33. The molecule has 4 rings (SSSR count). The quantitative estimate of drug-likeness (QED) is 0.484. The first-order valence-electron chi connectivity index (χ1n) is 7.14. The van der Waals surface area contributed by atoms with E-state index in [-0.39, 0.29) is 5.91 Å². The van der Waals surface area contributed by atoms with Crippen LogP contribution in [-0.4, -0.2) is 16.6 Å². The number of aromatic nitrogens is 1. The van der Waals surface area contributed by atoms with Crippen LogP contribution in [0.25, 0.3) is 10.2 Å². The van der Waals surface area contributed by atoms with Crippen molar-refractivity contribution < 1.29 is 4.79 Å². The molecule has 2 heterocycles. The predicted octanol–water partition coefficient (Wildman–Crippen LogP) is 3.49. The van der Waals surface area contributed by atoms with Crippen molar-refractivity contribution in [1.82, 2.24) is 4.98 Å². The summed E-state index contributed by atoms with van der Waals surface area (Å²) in [5.74, 6) is -0.259. The Labute approximate surface area is 155 Å². The Hall–Kier alpha value is -2.26. The molecule has 2 aromatic carbocycles. The molecule has 0 atom stereocenters. The molecule has 0 fully saturated rings. The first-order chi connectivity index (χ1) is 11.7. The van der Waals surface area contributed by atoms with Crippen molar-refractivity contribution in [3.63, 3.8) is 0 Å². The summed E-state index contributed by atoms with van der Waals surface area (Å²) in [6, 6.07) is 15.6. The summed E-state index contributed by atoms with van der Waals surface area (Å²) in [5, 5.41) is 6.37. The SMILES string of the molecule is N/C=C1/C(=O)N(c2nc3ccccc3s2)N=C1c1cccc(I)c1. The largest absolute Gasteiger partial charge is 0.404 e. The van der Waals surface area contributed by atoms with E-state index in [1.54, 1.807) is 0 Å². The number of nitrogens with zero attached hydrogens (tertiary/aromatic N) is 3. The smallest absolute Gasteiger partial charge is 0.284 e. The van der Waals surface area contributed by atoms with Gasteiger partial charge in [0.05, 0.1) is 15.8 Å². The Morgan fingerprint density at radius 2 is 2.00 bits per heavy atom. The fraction of sp³-hybridized carbons (Fsp3) is 0. The fourth-order valence-corrected chi connectivity index (χ4v) is 3.95. The zero-order chi connectivity index (χ0) is 16.7. The van der Waals surface area contributed by atoms with E-state index in [0.29, 0.717) is 16.4 Å². The summed E-state index contributed by atoms with van der Waals surface area (Å²) >= 11 is 3.66. The van der Waals surface area contributed by atoms with Gasteiger partial charge in [-0.15, -0.1) is 0 Å². The third-order valence-corrected chi connectivity index (χ3v) is 5.29. The van der Waals surface area contributed by atoms with Crippen LogP contribution in [0.5, 0.6) is 0 Å². The van der Waals surface area contributed by atoms with E-state index in [1.165, 1.54) is 22.5 Å². The number of anilines is 1. The third-order valence-electron chi connectivity index (χ3n) is 3.61. The highest BCUT2D eigenvalue weighted by Gasteiger charge is 2.33. The van der Waals surface area contributed by atoms with Crippen molar-refractivity contribution in [2.45, 2.75) is 0 Å². The molecule has 7 heteroatoms. The lowest BCUT2D eigenvalue weighted by molar-refractivity contribution is -0.114. The van der Waals surface area contributed by atoms with Crippen LogP contribution >= 0.6 is 33.9 Å². The van der Waals surface area contributed by atoms with Gasteiger partial charge < -0.3 is 5.73 Å². The summed E-state index contributed by atoms with van der Waals surface area (Å²) in [4.78, 5) is 17.2.